The van der Waals surface area contributed by atoms with Crippen LogP contribution in [0.5, 0.6) is 5.75 Å². The number of Topliss-reactive ketones (excluding diaryl/α,β-unsaturated/α-hetero) is 1. The summed E-state index contributed by atoms with van der Waals surface area (Å²) in [5, 5.41) is 9.35. The van der Waals surface area contributed by atoms with Crippen LogP contribution in [0.15, 0.2) is 18.2 Å². The summed E-state index contributed by atoms with van der Waals surface area (Å²) in [6.45, 7) is 16.8. The first-order valence-electron chi connectivity index (χ1n) is 17.7. The molecule has 2 aliphatic carbocycles. The van der Waals surface area contributed by atoms with Gasteiger partial charge in [0.1, 0.15) is 11.5 Å². The van der Waals surface area contributed by atoms with E-state index in [1.165, 1.54) is 51.4 Å². The molecule has 0 aromatic heterocycles. The zero-order chi connectivity index (χ0) is 33.8. The van der Waals surface area contributed by atoms with Gasteiger partial charge in [0.15, 0.2) is 0 Å². The molecular formula is C38H63F3O4. The molecule has 1 aromatic carbocycles. The Kier molecular flexibility index (Phi) is 16.4. The number of carbonyl (C=O) groups is 1. The molecule has 1 N–H and O–H groups in total. The van der Waals surface area contributed by atoms with Crippen molar-refractivity contribution in [3.8, 4) is 5.75 Å². The first-order valence-corrected chi connectivity index (χ1v) is 17.7. The number of aryl methyl sites for hydroxylation is 1. The molecule has 0 bridgehead atoms. The van der Waals surface area contributed by atoms with E-state index >= 15 is 0 Å². The summed E-state index contributed by atoms with van der Waals surface area (Å²) in [6.07, 6.45) is 9.53. The van der Waals surface area contributed by atoms with Crippen molar-refractivity contribution >= 4 is 5.78 Å². The molecule has 1 aliphatic heterocycles. The third-order valence-electron chi connectivity index (χ3n) is 11.0. The second kappa shape index (κ2) is 18.7. The molecule has 0 radical (unpaired) electrons. The van der Waals surface area contributed by atoms with Gasteiger partial charge in [-0.15, -0.1) is 0 Å². The van der Waals surface area contributed by atoms with Gasteiger partial charge in [0, 0.05) is 19.1 Å². The summed E-state index contributed by atoms with van der Waals surface area (Å²) < 4.78 is 48.8. The van der Waals surface area contributed by atoms with Crippen LogP contribution in [0.2, 0.25) is 0 Å². The number of carbonyl (C=O) groups excluding carboxylic acids is 1. The van der Waals surface area contributed by atoms with Gasteiger partial charge in [-0.05, 0) is 118 Å². The molecule has 1 saturated heterocycles. The zero-order valence-corrected chi connectivity index (χ0v) is 29.5. The Hall–Kier alpha value is -1.60. The molecule has 4 nitrogen and oxygen atoms in total. The van der Waals surface area contributed by atoms with Crippen molar-refractivity contribution in [1.82, 2.24) is 0 Å². The largest absolute Gasteiger partial charge is 0.507 e. The van der Waals surface area contributed by atoms with Gasteiger partial charge in [0.2, 0.25) is 0 Å². The van der Waals surface area contributed by atoms with E-state index < -0.39 is 17.5 Å². The van der Waals surface area contributed by atoms with Crippen LogP contribution in [-0.4, -0.2) is 37.3 Å². The minimum absolute atomic E-state index is 0.140. The highest BCUT2D eigenvalue weighted by atomic mass is 19.4. The standard InChI is InChI=1S/C19H29F3O.C12H20O.C7H14O2/c1-5-13(2)10-15(4)11-14(3)6-7-16-8-9-18(23)17(12-16)19(20,21)22;1-3-10-7-11-5-4-6-12(11,8-10)9(2)13;1-6-3-4-9-5-7(6)8-2/h8-9,12-15,23H,5-7,10-11H2,1-4H3;10-11H,3-8H2,1-2H3;6-7H,3-5H2,1-2H3. The third-order valence-corrected chi connectivity index (χ3v) is 11.0. The van der Waals surface area contributed by atoms with E-state index in [0.29, 0.717) is 41.6 Å². The maximum Gasteiger partial charge on any atom is 0.419 e. The van der Waals surface area contributed by atoms with Crippen molar-refractivity contribution < 1.29 is 32.5 Å². The number of ketones is 1. The molecule has 7 heteroatoms. The van der Waals surface area contributed by atoms with Gasteiger partial charge in [-0.3, -0.25) is 4.79 Å². The fraction of sp³-hybridized carbons (Fsp3) is 0.816. The fourth-order valence-electron chi connectivity index (χ4n) is 7.93. The van der Waals surface area contributed by atoms with Crippen molar-refractivity contribution in [2.45, 2.75) is 138 Å². The Morgan fingerprint density at radius 3 is 2.33 bits per heavy atom. The zero-order valence-electron chi connectivity index (χ0n) is 29.5. The molecule has 0 amide bonds. The quantitative estimate of drug-likeness (QED) is 0.261. The lowest BCUT2D eigenvalue weighted by atomic mass is 9.77. The van der Waals surface area contributed by atoms with E-state index in [1.807, 2.05) is 6.92 Å². The number of ether oxygens (including phenoxy) is 2. The minimum atomic E-state index is -4.50. The lowest BCUT2D eigenvalue weighted by molar-refractivity contribution is -0.138. The Bertz CT molecular complexity index is 1010. The van der Waals surface area contributed by atoms with Gasteiger partial charge in [0.25, 0.3) is 0 Å². The summed E-state index contributed by atoms with van der Waals surface area (Å²) in [4.78, 5) is 11.7. The van der Waals surface area contributed by atoms with Gasteiger partial charge in [-0.25, -0.2) is 0 Å². The molecule has 3 aliphatic rings. The molecule has 4 rings (SSSR count). The summed E-state index contributed by atoms with van der Waals surface area (Å²) in [5.41, 5.74) is -0.162. The van der Waals surface area contributed by atoms with Gasteiger partial charge in [0.05, 0.1) is 18.3 Å². The van der Waals surface area contributed by atoms with Gasteiger partial charge in [-0.2, -0.15) is 13.2 Å². The molecule has 3 fully saturated rings. The van der Waals surface area contributed by atoms with Gasteiger partial charge >= 0.3 is 6.18 Å². The van der Waals surface area contributed by atoms with Crippen LogP contribution < -0.4 is 0 Å². The molecule has 8 atom stereocenters. The first kappa shape index (κ1) is 39.6. The summed E-state index contributed by atoms with van der Waals surface area (Å²) >= 11 is 0. The monoisotopic (exact) mass is 640 g/mol. The van der Waals surface area contributed by atoms with Crippen molar-refractivity contribution in [3.63, 3.8) is 0 Å². The number of hydrogen-bond donors (Lipinski definition) is 1. The second-order valence-electron chi connectivity index (χ2n) is 14.7. The van der Waals surface area contributed by atoms with E-state index in [-0.39, 0.29) is 5.41 Å². The van der Waals surface area contributed by atoms with Crippen LogP contribution in [-0.2, 0) is 26.9 Å². The minimum Gasteiger partial charge on any atom is -0.507 e. The number of methoxy groups -OCH3 is 1. The summed E-state index contributed by atoms with van der Waals surface area (Å²) in [6, 6.07) is 3.80. The lowest BCUT2D eigenvalue weighted by Gasteiger charge is -2.27. The fourth-order valence-corrected chi connectivity index (χ4v) is 7.93. The van der Waals surface area contributed by atoms with E-state index in [1.54, 1.807) is 13.2 Å². The Balaban J connectivity index is 0.000000266. The molecule has 8 unspecified atom stereocenters. The number of phenols is 1. The van der Waals surface area contributed by atoms with Crippen LogP contribution in [0.1, 0.15) is 130 Å². The Morgan fingerprint density at radius 1 is 1.11 bits per heavy atom. The van der Waals surface area contributed by atoms with Crippen LogP contribution in [0.25, 0.3) is 0 Å². The SMILES string of the molecule is CCC(C)CC(C)CC(C)CCc1ccc(O)c(C(F)(F)F)c1.CCC1CC2CCCC2(C(C)=O)C1.COC1COCCC1C. The van der Waals surface area contributed by atoms with Crippen molar-refractivity contribution in [1.29, 1.82) is 0 Å². The third kappa shape index (κ3) is 12.2. The summed E-state index contributed by atoms with van der Waals surface area (Å²) in [5.74, 6) is 3.89. The van der Waals surface area contributed by atoms with Gasteiger partial charge < -0.3 is 14.6 Å². The molecule has 260 valence electrons. The van der Waals surface area contributed by atoms with Crippen LogP contribution in [0, 0.1) is 40.9 Å². The summed E-state index contributed by atoms with van der Waals surface area (Å²) in [7, 11) is 1.75. The highest BCUT2D eigenvalue weighted by Gasteiger charge is 2.52. The maximum absolute atomic E-state index is 12.8. The van der Waals surface area contributed by atoms with E-state index in [9.17, 15) is 23.1 Å². The lowest BCUT2D eigenvalue weighted by Crippen LogP contribution is -2.31. The number of aromatic hydroxyl groups is 1. The van der Waals surface area contributed by atoms with Crippen molar-refractivity contribution in [3.05, 3.63) is 29.3 Å². The molecule has 45 heavy (non-hydrogen) atoms. The first-order chi connectivity index (χ1) is 21.2. The van der Waals surface area contributed by atoms with Crippen LogP contribution in [0.4, 0.5) is 13.2 Å². The number of hydrogen-bond acceptors (Lipinski definition) is 4. The highest BCUT2D eigenvalue weighted by molar-refractivity contribution is 5.83. The maximum atomic E-state index is 12.8. The number of alkyl halides is 3. The van der Waals surface area contributed by atoms with E-state index in [0.717, 1.165) is 62.4 Å². The topological polar surface area (TPSA) is 55.8 Å². The molecule has 0 spiro atoms. The van der Waals surface area contributed by atoms with Crippen molar-refractivity contribution in [2.24, 2.45) is 40.9 Å². The average molecular weight is 641 g/mol. The number of phenolic OH excluding ortho intramolecular Hbond substituents is 1. The molecule has 1 heterocycles. The number of rotatable bonds is 11. The van der Waals surface area contributed by atoms with E-state index in [2.05, 4.69) is 41.5 Å². The number of benzene rings is 1. The molecule has 1 aromatic rings. The van der Waals surface area contributed by atoms with E-state index in [4.69, 9.17) is 9.47 Å². The highest BCUT2D eigenvalue weighted by Crippen LogP contribution is 2.57. The predicted octanol–water partition coefficient (Wildman–Crippen LogP) is 10.7. The smallest absolute Gasteiger partial charge is 0.419 e. The van der Waals surface area contributed by atoms with Crippen molar-refractivity contribution in [2.75, 3.05) is 20.3 Å². The Labute approximate surface area is 272 Å². The Morgan fingerprint density at radius 2 is 1.80 bits per heavy atom. The molecule has 2 saturated carbocycles. The number of fused-ring (bicyclic) bond motifs is 1. The van der Waals surface area contributed by atoms with Gasteiger partial charge in [-0.1, -0.05) is 66.9 Å². The predicted molar refractivity (Wildman–Crippen MR) is 177 cm³/mol. The normalized spacial score (nSPS) is 28.2. The molecular weight excluding hydrogens is 577 g/mol. The van der Waals surface area contributed by atoms with Crippen LogP contribution >= 0.6 is 0 Å². The second-order valence-corrected chi connectivity index (χ2v) is 14.7. The van der Waals surface area contributed by atoms with Crippen LogP contribution in [0.3, 0.4) is 0 Å². The number of halogens is 3. The average Bonchev–Trinajstić information content (AvgIpc) is 3.56.